The molecular weight excluding hydrogens is 412 g/mol. The smallest absolute Gasteiger partial charge is 0.229 e. The Hall–Kier alpha value is -2.42. The lowest BCUT2D eigenvalue weighted by atomic mass is 10.0. The molecule has 0 unspecified atom stereocenters. The number of nitrogens with zero attached hydrogens (tertiary/aromatic N) is 2. The van der Waals surface area contributed by atoms with Crippen LogP contribution in [0, 0.1) is 0 Å². The summed E-state index contributed by atoms with van der Waals surface area (Å²) in [6, 6.07) is 9.38. The topological polar surface area (TPSA) is 93.2 Å². The molecule has 154 valence electrons. The monoisotopic (exact) mass is 434 g/mol. The van der Waals surface area contributed by atoms with E-state index in [1.807, 2.05) is 38.1 Å². The van der Waals surface area contributed by atoms with Crippen LogP contribution in [0.3, 0.4) is 0 Å². The first-order valence-electron chi connectivity index (χ1n) is 8.89. The van der Waals surface area contributed by atoms with E-state index in [0.29, 0.717) is 6.54 Å². The van der Waals surface area contributed by atoms with Gasteiger partial charge >= 0.3 is 0 Å². The van der Waals surface area contributed by atoms with Gasteiger partial charge in [0.15, 0.2) is 5.15 Å². The van der Waals surface area contributed by atoms with Gasteiger partial charge in [-0.15, -0.1) is 0 Å². The van der Waals surface area contributed by atoms with Gasteiger partial charge in [-0.3, -0.25) is 9.71 Å². The normalized spacial score (nSPS) is 12.2. The van der Waals surface area contributed by atoms with Crippen LogP contribution in [0.5, 0.6) is 0 Å². The highest BCUT2D eigenvalue weighted by Gasteiger charge is 2.16. The van der Waals surface area contributed by atoms with Crippen LogP contribution < -0.4 is 10.0 Å². The molecule has 0 amide bonds. The highest BCUT2D eigenvalue weighted by Crippen LogP contribution is 2.31. The number of benzene rings is 1. The van der Waals surface area contributed by atoms with Crippen molar-refractivity contribution in [3.63, 3.8) is 0 Å². The molecule has 7 nitrogen and oxygen atoms in total. The summed E-state index contributed by atoms with van der Waals surface area (Å²) in [6.45, 7) is 4.63. The van der Waals surface area contributed by atoms with E-state index in [1.165, 1.54) is 0 Å². The number of hydrogen-bond acceptors (Lipinski definition) is 6. The third-order valence-electron chi connectivity index (χ3n) is 4.47. The second-order valence-electron chi connectivity index (χ2n) is 7.34. The maximum Gasteiger partial charge on any atom is 0.229 e. The predicted molar refractivity (Wildman–Crippen MR) is 118 cm³/mol. The lowest BCUT2D eigenvalue weighted by molar-refractivity contribution is 0.0344. The molecule has 2 aromatic heterocycles. The van der Waals surface area contributed by atoms with Crippen LogP contribution in [-0.2, 0) is 14.8 Å². The van der Waals surface area contributed by atoms with E-state index in [-0.39, 0.29) is 16.4 Å². The maximum absolute atomic E-state index is 11.6. The van der Waals surface area contributed by atoms with Crippen molar-refractivity contribution in [1.29, 1.82) is 0 Å². The van der Waals surface area contributed by atoms with E-state index >= 15 is 0 Å². The van der Waals surface area contributed by atoms with Crippen LogP contribution in [-0.4, -0.2) is 43.9 Å². The van der Waals surface area contributed by atoms with Crippen molar-refractivity contribution < 1.29 is 13.2 Å². The summed E-state index contributed by atoms with van der Waals surface area (Å²) < 4.78 is 31.0. The molecular formula is C20H23ClN4O3S. The zero-order valence-electron chi connectivity index (χ0n) is 16.7. The Bertz CT molecular complexity index is 1150. The first-order valence-corrected chi connectivity index (χ1v) is 11.2. The van der Waals surface area contributed by atoms with Crippen molar-refractivity contribution in [2.75, 3.05) is 29.9 Å². The number of anilines is 2. The summed E-state index contributed by atoms with van der Waals surface area (Å²) in [7, 11) is -1.79. The van der Waals surface area contributed by atoms with Gasteiger partial charge < -0.3 is 10.1 Å². The Kier molecular flexibility index (Phi) is 5.97. The fraction of sp³-hybridized carbons (Fsp3) is 0.300. The van der Waals surface area contributed by atoms with Crippen LogP contribution in [0.4, 0.5) is 11.4 Å². The molecule has 0 saturated heterocycles. The molecule has 0 aliphatic carbocycles. The fourth-order valence-corrected chi connectivity index (χ4v) is 3.50. The SMILES string of the molecule is COC(C)(C)CNc1ccnc2ccc(-c3cnc(Cl)c(NS(C)(=O)=O)c3)cc12. The molecule has 0 aliphatic rings. The van der Waals surface area contributed by atoms with Gasteiger partial charge in [0.05, 0.1) is 23.1 Å². The first kappa shape index (κ1) is 21.3. The van der Waals surface area contributed by atoms with Gasteiger partial charge in [0.1, 0.15) is 0 Å². The zero-order valence-corrected chi connectivity index (χ0v) is 18.2. The van der Waals surface area contributed by atoms with Gasteiger partial charge in [0, 0.05) is 42.7 Å². The third kappa shape index (κ3) is 5.35. The minimum atomic E-state index is -3.47. The molecule has 0 spiro atoms. The number of ether oxygens (including phenoxy) is 1. The van der Waals surface area contributed by atoms with Crippen molar-refractivity contribution in [2.24, 2.45) is 0 Å². The second kappa shape index (κ2) is 8.14. The molecule has 0 aliphatic heterocycles. The molecule has 3 aromatic rings. The number of methoxy groups -OCH3 is 1. The summed E-state index contributed by atoms with van der Waals surface area (Å²) in [5, 5.41) is 4.44. The molecule has 2 heterocycles. The molecule has 0 saturated carbocycles. The quantitative estimate of drug-likeness (QED) is 0.542. The van der Waals surface area contributed by atoms with Crippen molar-refractivity contribution in [1.82, 2.24) is 9.97 Å². The minimum absolute atomic E-state index is 0.0887. The molecule has 1 aromatic carbocycles. The van der Waals surface area contributed by atoms with E-state index in [1.54, 1.807) is 25.6 Å². The summed E-state index contributed by atoms with van der Waals surface area (Å²) in [5.74, 6) is 0. The number of aromatic nitrogens is 2. The van der Waals surface area contributed by atoms with E-state index < -0.39 is 10.0 Å². The van der Waals surface area contributed by atoms with Crippen molar-refractivity contribution in [3.8, 4) is 11.1 Å². The van der Waals surface area contributed by atoms with Gasteiger partial charge in [0.2, 0.25) is 10.0 Å². The van der Waals surface area contributed by atoms with E-state index in [2.05, 4.69) is 20.0 Å². The Labute approximate surface area is 175 Å². The van der Waals surface area contributed by atoms with Crippen LogP contribution in [0.1, 0.15) is 13.8 Å². The molecule has 0 fully saturated rings. The standard InChI is InChI=1S/C20H23ClN4O3S/c1-20(2,28-3)12-24-17-7-8-22-16-6-5-13(9-15(16)17)14-10-18(19(21)23-11-14)25-29(4,26)27/h5-11,25H,12H2,1-4H3,(H,22,24). The second-order valence-corrected chi connectivity index (χ2v) is 9.45. The lowest BCUT2D eigenvalue weighted by Gasteiger charge is -2.24. The van der Waals surface area contributed by atoms with Crippen molar-refractivity contribution in [2.45, 2.75) is 19.4 Å². The van der Waals surface area contributed by atoms with E-state index in [0.717, 1.165) is 34.0 Å². The summed E-state index contributed by atoms with van der Waals surface area (Å²) in [5.41, 5.74) is 3.27. The van der Waals surface area contributed by atoms with Crippen molar-refractivity contribution in [3.05, 3.63) is 47.9 Å². The van der Waals surface area contributed by atoms with Crippen LogP contribution in [0.25, 0.3) is 22.0 Å². The number of pyridine rings is 2. The zero-order chi connectivity index (χ0) is 21.2. The van der Waals surface area contributed by atoms with Gasteiger partial charge in [-0.2, -0.15) is 0 Å². The Morgan fingerprint density at radius 3 is 2.55 bits per heavy atom. The van der Waals surface area contributed by atoms with E-state index in [4.69, 9.17) is 16.3 Å². The summed E-state index contributed by atoms with van der Waals surface area (Å²) >= 11 is 6.04. The third-order valence-corrected chi connectivity index (χ3v) is 5.36. The predicted octanol–water partition coefficient (Wildman–Crippen LogP) is 4.16. The Morgan fingerprint density at radius 2 is 1.86 bits per heavy atom. The lowest BCUT2D eigenvalue weighted by Crippen LogP contribution is -2.32. The first-order chi connectivity index (χ1) is 13.6. The van der Waals surface area contributed by atoms with Crippen LogP contribution in [0.15, 0.2) is 42.7 Å². The van der Waals surface area contributed by atoms with Gasteiger partial charge in [-0.25, -0.2) is 13.4 Å². The number of nitrogens with one attached hydrogen (secondary N) is 2. The molecule has 2 N–H and O–H groups in total. The minimum Gasteiger partial charge on any atom is -0.382 e. The van der Waals surface area contributed by atoms with Gasteiger partial charge in [-0.1, -0.05) is 17.7 Å². The molecule has 9 heteroatoms. The van der Waals surface area contributed by atoms with Crippen LogP contribution in [0.2, 0.25) is 5.15 Å². The number of hydrogen-bond donors (Lipinski definition) is 2. The highest BCUT2D eigenvalue weighted by atomic mass is 35.5. The summed E-state index contributed by atoms with van der Waals surface area (Å²) in [4.78, 5) is 8.53. The Balaban J connectivity index is 2.01. The number of rotatable bonds is 7. The van der Waals surface area contributed by atoms with Crippen LogP contribution >= 0.6 is 11.6 Å². The maximum atomic E-state index is 11.6. The molecule has 3 rings (SSSR count). The average molecular weight is 435 g/mol. The Morgan fingerprint density at radius 1 is 1.10 bits per heavy atom. The number of sulfonamides is 1. The molecule has 0 atom stereocenters. The van der Waals surface area contributed by atoms with Gasteiger partial charge in [0.25, 0.3) is 0 Å². The molecule has 0 radical (unpaired) electrons. The average Bonchev–Trinajstić information content (AvgIpc) is 2.66. The molecule has 29 heavy (non-hydrogen) atoms. The largest absolute Gasteiger partial charge is 0.382 e. The number of fused-ring (bicyclic) bond motifs is 1. The van der Waals surface area contributed by atoms with Gasteiger partial charge in [-0.05, 0) is 43.7 Å². The highest BCUT2D eigenvalue weighted by molar-refractivity contribution is 7.92. The van der Waals surface area contributed by atoms with Crippen molar-refractivity contribution >= 4 is 43.9 Å². The summed E-state index contributed by atoms with van der Waals surface area (Å²) in [6.07, 6.45) is 4.42. The molecule has 0 bridgehead atoms. The number of halogens is 1. The fourth-order valence-electron chi connectivity index (χ4n) is 2.74. The van der Waals surface area contributed by atoms with E-state index in [9.17, 15) is 8.42 Å².